The summed E-state index contributed by atoms with van der Waals surface area (Å²) in [5.41, 5.74) is 1.67. The van der Waals surface area contributed by atoms with Crippen LogP contribution in [0.5, 0.6) is 11.5 Å². The lowest BCUT2D eigenvalue weighted by atomic mass is 10.1. The summed E-state index contributed by atoms with van der Waals surface area (Å²) in [5, 5.41) is -0.440. The van der Waals surface area contributed by atoms with Crippen molar-refractivity contribution in [2.24, 2.45) is 0 Å². The molecule has 2 aromatic rings. The zero-order chi connectivity index (χ0) is 24.9. The van der Waals surface area contributed by atoms with Crippen LogP contribution in [-0.4, -0.2) is 53.1 Å². The zero-order valence-corrected chi connectivity index (χ0v) is 23.1. The highest BCUT2D eigenvalue weighted by Crippen LogP contribution is 2.38. The lowest BCUT2D eigenvalue weighted by Gasteiger charge is -2.18. The molecule has 0 spiro atoms. The van der Waals surface area contributed by atoms with Crippen LogP contribution < -0.4 is 9.47 Å². The highest BCUT2D eigenvalue weighted by molar-refractivity contribution is 9.10. The monoisotopic (exact) mass is 622 g/mol. The number of nitrogens with zero attached hydrogens (tertiary/aromatic N) is 2. The molecule has 2 heterocycles. The van der Waals surface area contributed by atoms with E-state index < -0.39 is 11.1 Å². The Morgan fingerprint density at radius 2 is 1.74 bits per heavy atom. The molecular weight excluding hydrogens is 600 g/mol. The van der Waals surface area contributed by atoms with E-state index in [0.29, 0.717) is 47.8 Å². The molecule has 0 unspecified atom stereocenters. The van der Waals surface area contributed by atoms with Gasteiger partial charge in [0.2, 0.25) is 5.91 Å². The summed E-state index contributed by atoms with van der Waals surface area (Å²) in [6.45, 7) is 3.80. The molecule has 184 valence electrons. The SMILES string of the molecule is CCOc1cc(/C=C2/SC(=O)N(CC(=O)N3CCCC3)C2=O)c(Br)cc1OCc1ccc(Br)cc1. The highest BCUT2D eigenvalue weighted by Gasteiger charge is 2.37. The third-order valence-corrected chi connectivity index (χ3v) is 7.71. The number of ether oxygens (including phenoxy) is 2. The van der Waals surface area contributed by atoms with Crippen LogP contribution in [0.25, 0.3) is 6.08 Å². The van der Waals surface area contributed by atoms with Crippen LogP contribution in [0.1, 0.15) is 30.9 Å². The Morgan fingerprint density at radius 1 is 1.06 bits per heavy atom. The van der Waals surface area contributed by atoms with Gasteiger partial charge >= 0.3 is 0 Å². The van der Waals surface area contributed by atoms with Crippen molar-refractivity contribution in [2.75, 3.05) is 26.2 Å². The van der Waals surface area contributed by atoms with E-state index in [1.807, 2.05) is 31.2 Å². The number of carbonyl (C=O) groups excluding carboxylic acids is 3. The summed E-state index contributed by atoms with van der Waals surface area (Å²) < 4.78 is 13.5. The van der Waals surface area contributed by atoms with Gasteiger partial charge in [-0.3, -0.25) is 19.3 Å². The van der Waals surface area contributed by atoms with Crippen LogP contribution in [0.3, 0.4) is 0 Å². The van der Waals surface area contributed by atoms with Crippen LogP contribution in [0.15, 0.2) is 50.2 Å². The van der Waals surface area contributed by atoms with Crippen molar-refractivity contribution >= 4 is 66.8 Å². The first-order chi connectivity index (χ1) is 16.9. The molecule has 2 aliphatic rings. The topological polar surface area (TPSA) is 76.2 Å². The van der Waals surface area contributed by atoms with Crippen LogP contribution >= 0.6 is 43.6 Å². The standard InChI is InChI=1S/C25H24Br2N2O5S/c1-2-33-20-11-17(19(27)13-21(20)34-15-16-5-7-18(26)8-6-16)12-22-24(31)29(25(32)35-22)14-23(30)28-9-3-4-10-28/h5-8,11-13H,2-4,9-10,14-15H2,1H3/b22-12+. The van der Waals surface area contributed by atoms with Crippen LogP contribution in [0.4, 0.5) is 4.79 Å². The fourth-order valence-electron chi connectivity index (χ4n) is 3.76. The Morgan fingerprint density at radius 3 is 2.43 bits per heavy atom. The average Bonchev–Trinajstić information content (AvgIpc) is 3.46. The smallest absolute Gasteiger partial charge is 0.294 e. The molecule has 0 atom stereocenters. The van der Waals surface area contributed by atoms with Gasteiger partial charge in [-0.25, -0.2) is 0 Å². The fourth-order valence-corrected chi connectivity index (χ4v) is 5.29. The molecule has 4 rings (SSSR count). The molecule has 0 radical (unpaired) electrons. The Labute approximate surface area is 225 Å². The number of hydrogen-bond donors (Lipinski definition) is 0. The van der Waals surface area contributed by atoms with Crippen molar-refractivity contribution < 1.29 is 23.9 Å². The molecule has 0 N–H and O–H groups in total. The molecule has 7 nitrogen and oxygen atoms in total. The van der Waals surface area contributed by atoms with Crippen molar-refractivity contribution in [3.05, 3.63) is 61.4 Å². The molecule has 0 bridgehead atoms. The third kappa shape index (κ3) is 6.29. The van der Waals surface area contributed by atoms with E-state index in [1.165, 1.54) is 0 Å². The number of carbonyl (C=O) groups is 3. The fraction of sp³-hybridized carbons (Fsp3) is 0.320. The van der Waals surface area contributed by atoms with Gasteiger partial charge in [-0.15, -0.1) is 0 Å². The predicted octanol–water partition coefficient (Wildman–Crippen LogP) is 5.85. The molecule has 10 heteroatoms. The minimum Gasteiger partial charge on any atom is -0.490 e. The minimum absolute atomic E-state index is 0.196. The number of imide groups is 1. The maximum atomic E-state index is 12.9. The molecule has 35 heavy (non-hydrogen) atoms. The number of hydrogen-bond acceptors (Lipinski definition) is 6. The van der Waals surface area contributed by atoms with E-state index in [1.54, 1.807) is 23.1 Å². The van der Waals surface area contributed by atoms with Crippen LogP contribution in [-0.2, 0) is 16.2 Å². The molecule has 2 aromatic carbocycles. The Bertz CT molecular complexity index is 1160. The molecule has 0 aliphatic carbocycles. The molecular formula is C25H24Br2N2O5S. The number of rotatable bonds is 8. The number of amides is 3. The second-order valence-corrected chi connectivity index (χ2v) is 10.8. The number of halogens is 2. The maximum absolute atomic E-state index is 12.9. The quantitative estimate of drug-likeness (QED) is 0.344. The van der Waals surface area contributed by atoms with E-state index in [2.05, 4.69) is 31.9 Å². The summed E-state index contributed by atoms with van der Waals surface area (Å²) in [7, 11) is 0. The van der Waals surface area contributed by atoms with Gasteiger partial charge in [0.25, 0.3) is 11.1 Å². The first-order valence-electron chi connectivity index (χ1n) is 11.2. The van der Waals surface area contributed by atoms with Crippen molar-refractivity contribution in [2.45, 2.75) is 26.4 Å². The van der Waals surface area contributed by atoms with E-state index in [9.17, 15) is 14.4 Å². The van der Waals surface area contributed by atoms with Gasteiger partial charge in [0.15, 0.2) is 11.5 Å². The molecule has 2 fully saturated rings. The van der Waals surface area contributed by atoms with Crippen molar-refractivity contribution in [1.29, 1.82) is 0 Å². The summed E-state index contributed by atoms with van der Waals surface area (Å²) in [6.07, 6.45) is 3.54. The second kappa shape index (κ2) is 11.6. The molecule has 0 aromatic heterocycles. The van der Waals surface area contributed by atoms with Crippen molar-refractivity contribution in [3.63, 3.8) is 0 Å². The van der Waals surface area contributed by atoms with Gasteiger partial charge in [0.1, 0.15) is 13.2 Å². The average molecular weight is 624 g/mol. The normalized spacial score (nSPS) is 16.9. The van der Waals surface area contributed by atoms with Gasteiger partial charge in [0, 0.05) is 22.0 Å². The first-order valence-corrected chi connectivity index (χ1v) is 13.6. The number of thioether (sulfide) groups is 1. The molecule has 0 saturated carbocycles. The summed E-state index contributed by atoms with van der Waals surface area (Å²) in [4.78, 5) is 40.8. The lowest BCUT2D eigenvalue weighted by molar-refractivity contribution is -0.135. The molecule has 2 saturated heterocycles. The first kappa shape index (κ1) is 25.8. The van der Waals surface area contributed by atoms with Gasteiger partial charge < -0.3 is 14.4 Å². The van der Waals surface area contributed by atoms with Crippen LogP contribution in [0, 0.1) is 0 Å². The van der Waals surface area contributed by atoms with Crippen LogP contribution in [0.2, 0.25) is 0 Å². The molecule has 2 aliphatic heterocycles. The zero-order valence-electron chi connectivity index (χ0n) is 19.1. The summed E-state index contributed by atoms with van der Waals surface area (Å²) in [5.74, 6) is 0.428. The summed E-state index contributed by atoms with van der Waals surface area (Å²) >= 11 is 7.80. The van der Waals surface area contributed by atoms with Crippen molar-refractivity contribution in [3.8, 4) is 11.5 Å². The predicted molar refractivity (Wildman–Crippen MR) is 142 cm³/mol. The Balaban J connectivity index is 1.51. The van der Waals surface area contributed by atoms with Gasteiger partial charge in [-0.05, 0) is 73.0 Å². The second-order valence-electron chi connectivity index (χ2n) is 8.02. The van der Waals surface area contributed by atoms with Gasteiger partial charge in [0.05, 0.1) is 11.5 Å². The Kier molecular flexibility index (Phi) is 8.56. The lowest BCUT2D eigenvalue weighted by Crippen LogP contribution is -2.40. The largest absolute Gasteiger partial charge is 0.490 e. The van der Waals surface area contributed by atoms with E-state index in [4.69, 9.17) is 9.47 Å². The van der Waals surface area contributed by atoms with Gasteiger partial charge in [-0.1, -0.05) is 44.0 Å². The van der Waals surface area contributed by atoms with E-state index >= 15 is 0 Å². The van der Waals surface area contributed by atoms with E-state index in [0.717, 1.165) is 39.5 Å². The van der Waals surface area contributed by atoms with Gasteiger partial charge in [-0.2, -0.15) is 0 Å². The number of benzene rings is 2. The highest BCUT2D eigenvalue weighted by atomic mass is 79.9. The Hall–Kier alpha value is -2.30. The number of likely N-dealkylation sites (tertiary alicyclic amines) is 1. The molecule has 3 amide bonds. The third-order valence-electron chi connectivity index (χ3n) is 5.58. The van der Waals surface area contributed by atoms with Crippen molar-refractivity contribution in [1.82, 2.24) is 9.80 Å². The summed E-state index contributed by atoms with van der Waals surface area (Å²) in [6, 6.07) is 11.4. The maximum Gasteiger partial charge on any atom is 0.294 e. The minimum atomic E-state index is -0.465. The van der Waals surface area contributed by atoms with E-state index in [-0.39, 0.29) is 17.4 Å².